The normalized spacial score (nSPS) is 12.6. The molecule has 7 heteroatoms. The number of nitrogens with one attached hydrogen (secondary N) is 1. The maximum Gasteiger partial charge on any atom is 0.408 e. The summed E-state index contributed by atoms with van der Waals surface area (Å²) in [5.74, 6) is -0.476. The third-order valence-electron chi connectivity index (χ3n) is 2.59. The van der Waals surface area contributed by atoms with Gasteiger partial charge >= 0.3 is 12.1 Å². The van der Waals surface area contributed by atoms with Crippen LogP contribution in [0.5, 0.6) is 0 Å². The molecule has 22 heavy (non-hydrogen) atoms. The fourth-order valence-corrected chi connectivity index (χ4v) is 2.67. The third-order valence-corrected chi connectivity index (χ3v) is 3.72. The molecule has 1 rings (SSSR count). The Morgan fingerprint density at radius 3 is 2.45 bits per heavy atom. The van der Waals surface area contributed by atoms with Gasteiger partial charge in [-0.15, -0.1) is 11.3 Å². The zero-order chi connectivity index (χ0) is 16.8. The van der Waals surface area contributed by atoms with E-state index in [2.05, 4.69) is 5.32 Å². The van der Waals surface area contributed by atoms with Crippen molar-refractivity contribution in [3.8, 4) is 0 Å². The lowest BCUT2D eigenvalue weighted by Crippen LogP contribution is -2.45. The number of thiophene rings is 1. The van der Waals surface area contributed by atoms with Crippen molar-refractivity contribution in [1.82, 2.24) is 5.32 Å². The minimum Gasteiger partial charge on any atom is -0.464 e. The Bertz CT molecular complexity index is 508. The predicted molar refractivity (Wildman–Crippen MR) is 85.7 cm³/mol. The van der Waals surface area contributed by atoms with Gasteiger partial charge in [-0.1, -0.05) is 0 Å². The van der Waals surface area contributed by atoms with Crippen molar-refractivity contribution in [2.75, 3.05) is 6.61 Å². The van der Waals surface area contributed by atoms with E-state index in [1.54, 1.807) is 27.7 Å². The van der Waals surface area contributed by atoms with Crippen molar-refractivity contribution in [1.29, 1.82) is 0 Å². The maximum absolute atomic E-state index is 12.0. The lowest BCUT2D eigenvalue weighted by molar-refractivity contribution is -0.145. The van der Waals surface area contributed by atoms with Crippen LogP contribution in [-0.2, 0) is 27.2 Å². The molecular weight excluding hydrogens is 304 g/mol. The molecular formula is C15H24N2O4S. The molecule has 124 valence electrons. The van der Waals surface area contributed by atoms with Gasteiger partial charge in [0.1, 0.15) is 11.6 Å². The van der Waals surface area contributed by atoms with Gasteiger partial charge in [0.2, 0.25) is 0 Å². The minimum absolute atomic E-state index is 0.254. The average molecular weight is 328 g/mol. The van der Waals surface area contributed by atoms with Crippen molar-refractivity contribution in [2.45, 2.75) is 52.3 Å². The van der Waals surface area contributed by atoms with Gasteiger partial charge in [0.05, 0.1) is 6.61 Å². The van der Waals surface area contributed by atoms with E-state index < -0.39 is 23.7 Å². The van der Waals surface area contributed by atoms with E-state index in [-0.39, 0.29) is 6.61 Å². The smallest absolute Gasteiger partial charge is 0.408 e. The number of amides is 1. The van der Waals surface area contributed by atoms with E-state index in [0.29, 0.717) is 13.0 Å². The molecule has 6 nitrogen and oxygen atoms in total. The van der Waals surface area contributed by atoms with E-state index in [4.69, 9.17) is 15.2 Å². The molecule has 0 unspecified atom stereocenters. The van der Waals surface area contributed by atoms with Crippen LogP contribution in [0.25, 0.3) is 0 Å². The number of carbonyl (C=O) groups excluding carboxylic acids is 2. The van der Waals surface area contributed by atoms with Crippen LogP contribution in [0, 0.1) is 0 Å². The summed E-state index contributed by atoms with van der Waals surface area (Å²) >= 11 is 1.51. The zero-order valence-electron chi connectivity index (χ0n) is 13.5. The Balaban J connectivity index is 2.75. The molecule has 0 aliphatic carbocycles. The number of hydrogen-bond donors (Lipinski definition) is 2. The summed E-state index contributed by atoms with van der Waals surface area (Å²) in [6.45, 7) is 7.72. The lowest BCUT2D eigenvalue weighted by Gasteiger charge is -2.22. The Hall–Kier alpha value is -1.60. The van der Waals surface area contributed by atoms with Crippen molar-refractivity contribution >= 4 is 23.4 Å². The highest BCUT2D eigenvalue weighted by molar-refractivity contribution is 7.12. The quantitative estimate of drug-likeness (QED) is 0.781. The Morgan fingerprint density at radius 2 is 1.95 bits per heavy atom. The van der Waals surface area contributed by atoms with Gasteiger partial charge in [-0.05, 0) is 39.8 Å². The SMILES string of the molecule is CCOC(=O)[C@H](Cc1ccc(CN)s1)NC(=O)OC(C)(C)C. The van der Waals surface area contributed by atoms with Crippen LogP contribution < -0.4 is 11.1 Å². The molecule has 0 saturated heterocycles. The van der Waals surface area contributed by atoms with Crippen LogP contribution in [0.3, 0.4) is 0 Å². The summed E-state index contributed by atoms with van der Waals surface area (Å²) < 4.78 is 10.2. The molecule has 3 N–H and O–H groups in total. The van der Waals surface area contributed by atoms with Crippen LogP contribution >= 0.6 is 11.3 Å². The van der Waals surface area contributed by atoms with Crippen LogP contribution in [0.2, 0.25) is 0 Å². The molecule has 0 bridgehead atoms. The molecule has 1 atom stereocenters. The molecule has 1 aromatic rings. The molecule has 0 aromatic carbocycles. The van der Waals surface area contributed by atoms with Gasteiger partial charge < -0.3 is 20.5 Å². The second kappa shape index (κ2) is 8.14. The fourth-order valence-electron chi connectivity index (χ4n) is 1.73. The highest BCUT2D eigenvalue weighted by Gasteiger charge is 2.26. The number of nitrogens with two attached hydrogens (primary N) is 1. The van der Waals surface area contributed by atoms with Gasteiger partial charge in [0, 0.05) is 22.7 Å². The molecule has 1 heterocycles. The number of carbonyl (C=O) groups is 2. The lowest BCUT2D eigenvalue weighted by atomic mass is 10.2. The van der Waals surface area contributed by atoms with E-state index in [0.717, 1.165) is 9.75 Å². The van der Waals surface area contributed by atoms with Crippen molar-refractivity contribution in [2.24, 2.45) is 5.73 Å². The first-order valence-corrected chi connectivity index (χ1v) is 8.00. The molecule has 0 saturated carbocycles. The fraction of sp³-hybridized carbons (Fsp3) is 0.600. The molecule has 0 aliphatic heterocycles. The van der Waals surface area contributed by atoms with Gasteiger partial charge in [-0.25, -0.2) is 9.59 Å². The first kappa shape index (κ1) is 18.4. The van der Waals surface area contributed by atoms with Crippen LogP contribution in [-0.4, -0.2) is 30.3 Å². The van der Waals surface area contributed by atoms with Crippen molar-refractivity contribution < 1.29 is 19.1 Å². The largest absolute Gasteiger partial charge is 0.464 e. The van der Waals surface area contributed by atoms with Gasteiger partial charge in [0.25, 0.3) is 0 Å². The van der Waals surface area contributed by atoms with Gasteiger partial charge in [-0.2, -0.15) is 0 Å². The number of ether oxygens (including phenoxy) is 2. The average Bonchev–Trinajstić information content (AvgIpc) is 2.83. The molecule has 1 aromatic heterocycles. The van der Waals surface area contributed by atoms with E-state index in [9.17, 15) is 9.59 Å². The van der Waals surface area contributed by atoms with Gasteiger partial charge in [-0.3, -0.25) is 0 Å². The Kier molecular flexibility index (Phi) is 6.83. The van der Waals surface area contributed by atoms with Crippen LogP contribution in [0.4, 0.5) is 4.79 Å². The summed E-state index contributed by atoms with van der Waals surface area (Å²) in [5.41, 5.74) is 4.95. The summed E-state index contributed by atoms with van der Waals surface area (Å²) in [4.78, 5) is 25.9. The summed E-state index contributed by atoms with van der Waals surface area (Å²) in [5, 5.41) is 2.57. The number of rotatable bonds is 6. The maximum atomic E-state index is 12.0. The van der Waals surface area contributed by atoms with E-state index in [1.165, 1.54) is 11.3 Å². The Morgan fingerprint density at radius 1 is 1.32 bits per heavy atom. The highest BCUT2D eigenvalue weighted by atomic mass is 32.1. The minimum atomic E-state index is -0.779. The van der Waals surface area contributed by atoms with Gasteiger partial charge in [0.15, 0.2) is 0 Å². The summed E-state index contributed by atoms with van der Waals surface area (Å²) in [6.07, 6.45) is -0.288. The third kappa shape index (κ3) is 6.44. The molecule has 0 radical (unpaired) electrons. The molecule has 0 fully saturated rings. The molecule has 0 spiro atoms. The number of hydrogen-bond acceptors (Lipinski definition) is 6. The zero-order valence-corrected chi connectivity index (χ0v) is 14.3. The molecule has 1 amide bonds. The van der Waals surface area contributed by atoms with Crippen LogP contribution in [0.15, 0.2) is 12.1 Å². The second-order valence-electron chi connectivity index (χ2n) is 5.73. The van der Waals surface area contributed by atoms with Crippen molar-refractivity contribution in [3.05, 3.63) is 21.9 Å². The summed E-state index contributed by atoms with van der Waals surface area (Å²) in [6, 6.07) is 3.03. The topological polar surface area (TPSA) is 90.6 Å². The number of alkyl carbamates (subject to hydrolysis) is 1. The number of esters is 1. The Labute approximate surface area is 135 Å². The monoisotopic (exact) mass is 328 g/mol. The van der Waals surface area contributed by atoms with E-state index >= 15 is 0 Å². The standard InChI is InChI=1S/C15H24N2O4S/c1-5-20-13(18)12(17-14(19)21-15(2,3)4)8-10-6-7-11(9-16)22-10/h6-7,12H,5,8-9,16H2,1-4H3,(H,17,19)/t12-/m0/s1. The molecule has 0 aliphatic rings. The van der Waals surface area contributed by atoms with Crippen molar-refractivity contribution in [3.63, 3.8) is 0 Å². The second-order valence-corrected chi connectivity index (χ2v) is 6.98. The first-order chi connectivity index (χ1) is 10.2. The van der Waals surface area contributed by atoms with Crippen LogP contribution in [0.1, 0.15) is 37.4 Å². The summed E-state index contributed by atoms with van der Waals surface area (Å²) in [7, 11) is 0. The van der Waals surface area contributed by atoms with E-state index in [1.807, 2.05) is 12.1 Å². The first-order valence-electron chi connectivity index (χ1n) is 7.19. The highest BCUT2D eigenvalue weighted by Crippen LogP contribution is 2.18. The predicted octanol–water partition coefficient (Wildman–Crippen LogP) is 2.21.